The maximum Gasteiger partial charge on any atom is 0.194 e. The van der Waals surface area contributed by atoms with Crippen LogP contribution in [0, 0.1) is 17.8 Å². The van der Waals surface area contributed by atoms with Gasteiger partial charge in [0.1, 0.15) is 6.04 Å². The number of fused-ring (bicyclic) bond motifs is 2. The van der Waals surface area contributed by atoms with Crippen LogP contribution in [-0.2, 0) is 5.41 Å². The fourth-order valence-corrected chi connectivity index (χ4v) is 10.0. The lowest BCUT2D eigenvalue weighted by molar-refractivity contribution is -1.04. The normalized spacial score (nSPS) is 48.4. The molecular formula is C26H38BrN2O2+. The summed E-state index contributed by atoms with van der Waals surface area (Å²) in [6.07, 6.45) is 7.66. The van der Waals surface area contributed by atoms with E-state index in [-0.39, 0.29) is 23.8 Å². The molecule has 2 N–H and O–H groups in total. The molecule has 10 atom stereocenters. The van der Waals surface area contributed by atoms with Crippen molar-refractivity contribution in [2.75, 3.05) is 18.5 Å². The van der Waals surface area contributed by atoms with Crippen LogP contribution in [0.5, 0.6) is 0 Å². The van der Waals surface area contributed by atoms with Crippen molar-refractivity contribution in [3.63, 3.8) is 0 Å². The lowest BCUT2D eigenvalue weighted by Gasteiger charge is -2.68. The van der Waals surface area contributed by atoms with E-state index < -0.39 is 0 Å². The van der Waals surface area contributed by atoms with Gasteiger partial charge in [0, 0.05) is 41.9 Å². The van der Waals surface area contributed by atoms with Crippen molar-refractivity contribution in [1.29, 1.82) is 0 Å². The second kappa shape index (κ2) is 6.94. The Labute approximate surface area is 195 Å². The van der Waals surface area contributed by atoms with Gasteiger partial charge in [-0.3, -0.25) is 4.48 Å². The lowest BCUT2D eigenvalue weighted by Crippen LogP contribution is -2.83. The molecule has 4 saturated heterocycles. The fourth-order valence-electron chi connectivity index (χ4n) is 9.67. The first-order chi connectivity index (χ1) is 14.9. The van der Waals surface area contributed by atoms with Gasteiger partial charge in [0.15, 0.2) is 6.23 Å². The zero-order valence-electron chi connectivity index (χ0n) is 19.2. The van der Waals surface area contributed by atoms with E-state index in [9.17, 15) is 10.2 Å². The van der Waals surface area contributed by atoms with Gasteiger partial charge in [-0.05, 0) is 48.9 Å². The molecule has 5 unspecified atom stereocenters. The molecule has 5 fully saturated rings. The Balaban J connectivity index is 1.51. The van der Waals surface area contributed by atoms with Crippen molar-refractivity contribution in [1.82, 2.24) is 0 Å². The Hall–Kier alpha value is -0.620. The van der Waals surface area contributed by atoms with Crippen LogP contribution >= 0.6 is 15.9 Å². The van der Waals surface area contributed by atoms with Crippen molar-refractivity contribution in [3.8, 4) is 0 Å². The summed E-state index contributed by atoms with van der Waals surface area (Å²) in [6, 6.07) is 7.80. The van der Waals surface area contributed by atoms with Gasteiger partial charge in [0.25, 0.3) is 0 Å². The molecule has 6 aliphatic rings. The minimum Gasteiger partial charge on any atom is -0.392 e. The van der Waals surface area contributed by atoms with Crippen LogP contribution in [0.4, 0.5) is 5.69 Å². The number of nitrogens with zero attached hydrogens (tertiary/aromatic N) is 2. The van der Waals surface area contributed by atoms with Gasteiger partial charge in [-0.2, -0.15) is 0 Å². The van der Waals surface area contributed by atoms with Gasteiger partial charge < -0.3 is 15.1 Å². The molecule has 0 amide bonds. The molecule has 5 heterocycles. The number of aliphatic hydroxyl groups is 2. The van der Waals surface area contributed by atoms with Crippen LogP contribution in [0.15, 0.2) is 22.7 Å². The van der Waals surface area contributed by atoms with Crippen LogP contribution in [0.1, 0.15) is 64.4 Å². The molecule has 5 bridgehead atoms. The number of quaternary nitrogens is 1. The van der Waals surface area contributed by atoms with Crippen molar-refractivity contribution in [3.05, 3.63) is 28.2 Å². The Morgan fingerprint density at radius 3 is 2.71 bits per heavy atom. The van der Waals surface area contributed by atoms with E-state index in [0.29, 0.717) is 29.8 Å². The molecule has 1 aromatic rings. The highest BCUT2D eigenvalue weighted by molar-refractivity contribution is 9.10. The number of likely N-dealkylation sites (N-methyl/N-ethyl adjacent to an activating group) is 1. The molecule has 0 aromatic heterocycles. The highest BCUT2D eigenvalue weighted by atomic mass is 79.9. The quantitative estimate of drug-likeness (QED) is 0.459. The number of halogens is 1. The van der Waals surface area contributed by atoms with E-state index in [1.54, 1.807) is 0 Å². The maximum absolute atomic E-state index is 12.1. The first-order valence-corrected chi connectivity index (χ1v) is 13.5. The SMILES string of the molecule is CCCCCC[N+]12[C@@H]3CC45c6cc(Br)ccc6N(C)[C@H]4[C@H]1CC(C3C5O)[C@H](CC)[C@H]2O. The van der Waals surface area contributed by atoms with Crippen molar-refractivity contribution in [2.24, 2.45) is 17.8 Å². The molecule has 1 saturated carbocycles. The molecule has 5 heteroatoms. The maximum atomic E-state index is 12.1. The van der Waals surface area contributed by atoms with Gasteiger partial charge in [0.05, 0.1) is 30.1 Å². The third-order valence-electron chi connectivity index (χ3n) is 10.6. The summed E-state index contributed by atoms with van der Waals surface area (Å²) in [6.45, 7) is 5.61. The zero-order chi connectivity index (χ0) is 21.7. The molecule has 5 aliphatic heterocycles. The predicted molar refractivity (Wildman–Crippen MR) is 127 cm³/mol. The standard InChI is InChI=1S/C26H38BrN2O2/c1-4-6-7-8-11-29-20-13-17(16(5-2)25(29)31)22-21(29)14-26(24(22)30)18-12-15(27)9-10-19(18)28(3)23(20)26/h9-10,12,16-17,20-25,30-31H,4-8,11,13-14H2,1-3H3/q+1/t16-,17?,20+,21+,22?,23-,24?,25+,26?,29?/m0/s1. The van der Waals surface area contributed by atoms with Gasteiger partial charge in [-0.1, -0.05) is 42.6 Å². The number of rotatable bonds is 6. The molecular weight excluding hydrogens is 452 g/mol. The van der Waals surface area contributed by atoms with Crippen LogP contribution < -0.4 is 4.90 Å². The fraction of sp³-hybridized carbons (Fsp3) is 0.769. The Morgan fingerprint density at radius 2 is 1.97 bits per heavy atom. The average Bonchev–Trinajstić information content (AvgIpc) is 3.13. The summed E-state index contributed by atoms with van der Waals surface area (Å²) in [5, 5.41) is 24.0. The second-order valence-electron chi connectivity index (χ2n) is 11.3. The molecule has 1 aromatic carbocycles. The van der Waals surface area contributed by atoms with E-state index in [1.807, 2.05) is 0 Å². The summed E-state index contributed by atoms with van der Waals surface area (Å²) < 4.78 is 1.99. The molecule has 1 aliphatic carbocycles. The van der Waals surface area contributed by atoms with Crippen LogP contribution in [-0.4, -0.2) is 58.7 Å². The van der Waals surface area contributed by atoms with Crippen LogP contribution in [0.3, 0.4) is 0 Å². The smallest absolute Gasteiger partial charge is 0.194 e. The lowest BCUT2D eigenvalue weighted by atomic mass is 9.60. The largest absolute Gasteiger partial charge is 0.392 e. The number of hydrogen-bond acceptors (Lipinski definition) is 3. The molecule has 1 spiro atoms. The number of hydrogen-bond donors (Lipinski definition) is 2. The molecule has 4 nitrogen and oxygen atoms in total. The number of anilines is 1. The minimum absolute atomic E-state index is 0.171. The monoisotopic (exact) mass is 489 g/mol. The zero-order valence-corrected chi connectivity index (χ0v) is 20.8. The first-order valence-electron chi connectivity index (χ1n) is 12.7. The van der Waals surface area contributed by atoms with Gasteiger partial charge in [-0.15, -0.1) is 0 Å². The van der Waals surface area contributed by atoms with Gasteiger partial charge in [0.2, 0.25) is 0 Å². The predicted octanol–water partition coefficient (Wildman–Crippen LogP) is 4.41. The Morgan fingerprint density at radius 1 is 1.16 bits per heavy atom. The third-order valence-corrected chi connectivity index (χ3v) is 11.1. The highest BCUT2D eigenvalue weighted by Crippen LogP contribution is 2.71. The first kappa shape index (κ1) is 20.9. The van der Waals surface area contributed by atoms with E-state index in [2.05, 4.69) is 59.9 Å². The summed E-state index contributed by atoms with van der Waals surface area (Å²) in [5.41, 5.74) is 2.48. The molecule has 7 rings (SSSR count). The van der Waals surface area contributed by atoms with E-state index >= 15 is 0 Å². The summed E-state index contributed by atoms with van der Waals surface area (Å²) in [5.74, 6) is 1.13. The number of aliphatic hydroxyl groups excluding tert-OH is 2. The molecule has 0 radical (unpaired) electrons. The van der Waals surface area contributed by atoms with Gasteiger partial charge >= 0.3 is 0 Å². The summed E-state index contributed by atoms with van der Waals surface area (Å²) in [4.78, 5) is 2.49. The van der Waals surface area contributed by atoms with Crippen LogP contribution in [0.25, 0.3) is 0 Å². The summed E-state index contributed by atoms with van der Waals surface area (Å²) in [7, 11) is 2.25. The highest BCUT2D eigenvalue weighted by Gasteiger charge is 2.82. The van der Waals surface area contributed by atoms with Crippen LogP contribution in [0.2, 0.25) is 0 Å². The van der Waals surface area contributed by atoms with Crippen molar-refractivity contribution >= 4 is 21.6 Å². The van der Waals surface area contributed by atoms with Gasteiger partial charge in [-0.25, -0.2) is 0 Å². The van der Waals surface area contributed by atoms with Crippen molar-refractivity contribution in [2.45, 2.75) is 94.7 Å². The number of unbranched alkanes of at least 4 members (excludes halogenated alkanes) is 3. The second-order valence-corrected chi connectivity index (χ2v) is 12.2. The third kappa shape index (κ3) is 2.28. The minimum atomic E-state index is -0.298. The summed E-state index contributed by atoms with van der Waals surface area (Å²) >= 11 is 3.72. The Bertz CT molecular complexity index is 894. The number of benzene rings is 1. The topological polar surface area (TPSA) is 43.7 Å². The van der Waals surface area contributed by atoms with Crippen molar-refractivity contribution < 1.29 is 14.7 Å². The Kier molecular flexibility index (Phi) is 4.69. The molecule has 170 valence electrons. The van der Waals surface area contributed by atoms with E-state index in [0.717, 1.165) is 28.3 Å². The number of piperidine rings is 4. The van der Waals surface area contributed by atoms with E-state index in [4.69, 9.17) is 0 Å². The van der Waals surface area contributed by atoms with E-state index in [1.165, 1.54) is 43.4 Å². The average molecular weight is 491 g/mol. The molecule has 31 heavy (non-hydrogen) atoms.